The third kappa shape index (κ3) is 3.37. The fourth-order valence-corrected chi connectivity index (χ4v) is 1.89. The van der Waals surface area contributed by atoms with Crippen LogP contribution in [0.4, 0.5) is 0 Å². The van der Waals surface area contributed by atoms with Gasteiger partial charge in [0.2, 0.25) is 5.91 Å². The topological polar surface area (TPSA) is 100 Å². The average molecular weight is 281 g/mol. The van der Waals surface area contributed by atoms with Crippen molar-refractivity contribution in [3.05, 3.63) is 22.5 Å². The minimum absolute atomic E-state index is 0.113. The van der Waals surface area contributed by atoms with Crippen molar-refractivity contribution in [3.8, 4) is 0 Å². The van der Waals surface area contributed by atoms with Gasteiger partial charge in [-0.3, -0.25) is 9.59 Å². The van der Waals surface area contributed by atoms with Crippen LogP contribution in [0.3, 0.4) is 0 Å². The summed E-state index contributed by atoms with van der Waals surface area (Å²) < 4.78 is 4.67. The molecule has 0 saturated carbocycles. The highest BCUT2D eigenvalue weighted by molar-refractivity contribution is 6.01. The third-order valence-corrected chi connectivity index (χ3v) is 2.84. The van der Waals surface area contributed by atoms with Gasteiger partial charge < -0.3 is 20.4 Å². The molecule has 0 aliphatic heterocycles. The van der Waals surface area contributed by atoms with E-state index in [-0.39, 0.29) is 18.1 Å². The van der Waals surface area contributed by atoms with Crippen LogP contribution >= 0.6 is 0 Å². The van der Waals surface area contributed by atoms with E-state index in [4.69, 9.17) is 0 Å². The monoisotopic (exact) mass is 281 g/mol. The molecule has 2 amide bonds. The Morgan fingerprint density at radius 1 is 1.20 bits per heavy atom. The quantitative estimate of drug-likeness (QED) is 0.675. The number of carbonyl (C=O) groups excluding carboxylic acids is 3. The highest BCUT2D eigenvalue weighted by atomic mass is 16.5. The van der Waals surface area contributed by atoms with Crippen molar-refractivity contribution in [1.82, 2.24) is 15.6 Å². The summed E-state index contributed by atoms with van der Waals surface area (Å²) in [6.45, 7) is 5.51. The third-order valence-electron chi connectivity index (χ3n) is 2.84. The summed E-state index contributed by atoms with van der Waals surface area (Å²) in [4.78, 5) is 37.7. The maximum Gasteiger partial charge on any atom is 0.339 e. The number of H-pyrrole nitrogens is 1. The van der Waals surface area contributed by atoms with Crippen LogP contribution in [-0.2, 0) is 9.53 Å². The van der Waals surface area contributed by atoms with Gasteiger partial charge in [-0.2, -0.15) is 0 Å². The van der Waals surface area contributed by atoms with Crippen molar-refractivity contribution in [2.24, 2.45) is 0 Å². The first-order chi connectivity index (χ1) is 9.42. The molecule has 110 valence electrons. The standard InChI is InChI=1S/C13H19N3O4/c1-5-14-9(17)6-15-12(18)11-7(2)10(8(3)16-11)13(19)20-4/h16H,5-6H2,1-4H3,(H,14,17)(H,15,18). The van der Waals surface area contributed by atoms with Crippen molar-refractivity contribution in [2.75, 3.05) is 20.2 Å². The van der Waals surface area contributed by atoms with Crippen LogP contribution in [0, 0.1) is 13.8 Å². The molecule has 0 saturated heterocycles. The van der Waals surface area contributed by atoms with E-state index < -0.39 is 11.9 Å². The van der Waals surface area contributed by atoms with Gasteiger partial charge in [-0.05, 0) is 26.3 Å². The van der Waals surface area contributed by atoms with E-state index in [9.17, 15) is 14.4 Å². The first-order valence-electron chi connectivity index (χ1n) is 6.24. The number of carbonyl (C=O) groups is 3. The van der Waals surface area contributed by atoms with E-state index in [1.165, 1.54) is 7.11 Å². The summed E-state index contributed by atoms with van der Waals surface area (Å²) in [5.41, 5.74) is 1.66. The molecular formula is C13H19N3O4. The molecular weight excluding hydrogens is 262 g/mol. The van der Waals surface area contributed by atoms with Gasteiger partial charge in [0, 0.05) is 12.2 Å². The maximum absolute atomic E-state index is 12.0. The zero-order chi connectivity index (χ0) is 15.3. The molecule has 0 radical (unpaired) electrons. The second kappa shape index (κ2) is 6.74. The Morgan fingerprint density at radius 3 is 2.40 bits per heavy atom. The molecule has 3 N–H and O–H groups in total. The lowest BCUT2D eigenvalue weighted by molar-refractivity contribution is -0.120. The molecule has 1 heterocycles. The van der Waals surface area contributed by atoms with Crippen LogP contribution in [-0.4, -0.2) is 43.0 Å². The molecule has 0 unspecified atom stereocenters. The molecule has 1 aromatic rings. The van der Waals surface area contributed by atoms with Crippen molar-refractivity contribution < 1.29 is 19.1 Å². The smallest absolute Gasteiger partial charge is 0.339 e. The summed E-state index contributed by atoms with van der Waals surface area (Å²) in [7, 11) is 1.28. The molecule has 0 aliphatic rings. The molecule has 0 atom stereocenters. The highest BCUT2D eigenvalue weighted by Crippen LogP contribution is 2.18. The predicted molar refractivity (Wildman–Crippen MR) is 72.6 cm³/mol. The van der Waals surface area contributed by atoms with E-state index in [1.807, 2.05) is 0 Å². The van der Waals surface area contributed by atoms with Crippen molar-refractivity contribution in [2.45, 2.75) is 20.8 Å². The minimum Gasteiger partial charge on any atom is -0.465 e. The molecule has 1 rings (SSSR count). The Kier molecular flexibility index (Phi) is 5.31. The van der Waals surface area contributed by atoms with Crippen LogP contribution in [0.25, 0.3) is 0 Å². The van der Waals surface area contributed by atoms with E-state index in [2.05, 4.69) is 20.4 Å². The van der Waals surface area contributed by atoms with Gasteiger partial charge in [0.05, 0.1) is 19.2 Å². The van der Waals surface area contributed by atoms with Gasteiger partial charge in [-0.1, -0.05) is 0 Å². The number of rotatable bonds is 5. The van der Waals surface area contributed by atoms with E-state index >= 15 is 0 Å². The molecule has 7 nitrogen and oxygen atoms in total. The summed E-state index contributed by atoms with van der Waals surface area (Å²) >= 11 is 0. The number of esters is 1. The average Bonchev–Trinajstić information content (AvgIpc) is 2.71. The second-order valence-electron chi connectivity index (χ2n) is 4.25. The van der Waals surface area contributed by atoms with E-state index in [0.717, 1.165) is 0 Å². The predicted octanol–water partition coefficient (Wildman–Crippen LogP) is 0.284. The Balaban J connectivity index is 2.84. The number of likely N-dealkylation sites (N-methyl/N-ethyl adjacent to an activating group) is 1. The van der Waals surface area contributed by atoms with Gasteiger partial charge in [-0.25, -0.2) is 4.79 Å². The SMILES string of the molecule is CCNC(=O)CNC(=O)c1[nH]c(C)c(C(=O)OC)c1C. The van der Waals surface area contributed by atoms with Crippen LogP contribution in [0.2, 0.25) is 0 Å². The zero-order valence-electron chi connectivity index (χ0n) is 12.0. The number of hydrogen-bond acceptors (Lipinski definition) is 4. The lowest BCUT2D eigenvalue weighted by atomic mass is 10.1. The lowest BCUT2D eigenvalue weighted by Gasteiger charge is -2.05. The summed E-state index contributed by atoms with van der Waals surface area (Å²) in [6.07, 6.45) is 0. The molecule has 1 aromatic heterocycles. The number of hydrogen-bond donors (Lipinski definition) is 3. The number of aromatic amines is 1. The molecule has 0 spiro atoms. The van der Waals surface area contributed by atoms with E-state index in [0.29, 0.717) is 23.4 Å². The van der Waals surface area contributed by atoms with Crippen LogP contribution in [0.15, 0.2) is 0 Å². The van der Waals surface area contributed by atoms with Gasteiger partial charge in [0.25, 0.3) is 5.91 Å². The number of aryl methyl sites for hydroxylation is 1. The molecule has 7 heteroatoms. The zero-order valence-corrected chi connectivity index (χ0v) is 12.0. The number of aromatic nitrogens is 1. The molecule has 20 heavy (non-hydrogen) atoms. The fraction of sp³-hybridized carbons (Fsp3) is 0.462. The van der Waals surface area contributed by atoms with Crippen molar-refractivity contribution in [1.29, 1.82) is 0 Å². The number of nitrogens with one attached hydrogen (secondary N) is 3. The summed E-state index contributed by atoms with van der Waals surface area (Å²) in [5.74, 6) is -1.21. The van der Waals surface area contributed by atoms with Gasteiger partial charge >= 0.3 is 5.97 Å². The maximum atomic E-state index is 12.0. The number of methoxy groups -OCH3 is 1. The Labute approximate surface area is 117 Å². The molecule has 0 aromatic carbocycles. The van der Waals surface area contributed by atoms with Crippen molar-refractivity contribution in [3.63, 3.8) is 0 Å². The van der Waals surface area contributed by atoms with Crippen molar-refractivity contribution >= 4 is 17.8 Å². The molecule has 0 fully saturated rings. The summed E-state index contributed by atoms with van der Waals surface area (Å²) in [5, 5.41) is 5.06. The number of amides is 2. The highest BCUT2D eigenvalue weighted by Gasteiger charge is 2.22. The second-order valence-corrected chi connectivity index (χ2v) is 4.25. The van der Waals surface area contributed by atoms with Crippen LogP contribution in [0.5, 0.6) is 0 Å². The Morgan fingerprint density at radius 2 is 1.85 bits per heavy atom. The molecule has 0 bridgehead atoms. The minimum atomic E-state index is -0.501. The fourth-order valence-electron chi connectivity index (χ4n) is 1.89. The van der Waals surface area contributed by atoms with Gasteiger partial charge in [0.1, 0.15) is 5.69 Å². The van der Waals surface area contributed by atoms with Crippen LogP contribution < -0.4 is 10.6 Å². The summed E-state index contributed by atoms with van der Waals surface area (Å²) in [6, 6.07) is 0. The Bertz CT molecular complexity index is 534. The largest absolute Gasteiger partial charge is 0.465 e. The normalized spacial score (nSPS) is 10.0. The lowest BCUT2D eigenvalue weighted by Crippen LogP contribution is -2.37. The van der Waals surface area contributed by atoms with E-state index in [1.54, 1.807) is 20.8 Å². The Hall–Kier alpha value is -2.31. The molecule has 0 aliphatic carbocycles. The van der Waals surface area contributed by atoms with Gasteiger partial charge in [-0.15, -0.1) is 0 Å². The number of ether oxygens (including phenoxy) is 1. The van der Waals surface area contributed by atoms with Gasteiger partial charge in [0.15, 0.2) is 0 Å². The first-order valence-corrected chi connectivity index (χ1v) is 6.24. The first kappa shape index (κ1) is 15.7. The van der Waals surface area contributed by atoms with Crippen LogP contribution in [0.1, 0.15) is 39.0 Å².